The maximum Gasteiger partial charge on any atom is 0.270 e. The van der Waals surface area contributed by atoms with E-state index in [1.807, 2.05) is 52.0 Å². The largest absolute Gasteiger partial charge is 0.383 e. The quantitative estimate of drug-likeness (QED) is 0.466. The molecule has 2 aromatic rings. The summed E-state index contributed by atoms with van der Waals surface area (Å²) in [5.41, 5.74) is 5.57. The van der Waals surface area contributed by atoms with Crippen molar-refractivity contribution in [2.75, 3.05) is 18.6 Å². The summed E-state index contributed by atoms with van der Waals surface area (Å²) < 4.78 is 7.27. The van der Waals surface area contributed by atoms with Crippen molar-refractivity contribution in [3.63, 3.8) is 0 Å². The van der Waals surface area contributed by atoms with Gasteiger partial charge >= 0.3 is 0 Å². The molecule has 1 N–H and O–H groups in total. The third-order valence-corrected chi connectivity index (χ3v) is 5.28. The Labute approximate surface area is 176 Å². The van der Waals surface area contributed by atoms with E-state index in [9.17, 15) is 9.59 Å². The first-order chi connectivity index (χ1) is 13.7. The van der Waals surface area contributed by atoms with Crippen LogP contribution in [0.2, 0.25) is 0 Å². The van der Waals surface area contributed by atoms with Crippen LogP contribution in [-0.2, 0) is 20.9 Å². The van der Waals surface area contributed by atoms with Crippen LogP contribution in [-0.4, -0.2) is 35.2 Å². The molecule has 7 heteroatoms. The van der Waals surface area contributed by atoms with Gasteiger partial charge in [-0.05, 0) is 80.9 Å². The number of methoxy groups -OCH3 is 1. The van der Waals surface area contributed by atoms with E-state index in [1.54, 1.807) is 13.2 Å². The number of aromatic nitrogens is 1. The van der Waals surface area contributed by atoms with Gasteiger partial charge in [-0.25, -0.2) is 0 Å². The van der Waals surface area contributed by atoms with E-state index < -0.39 is 11.8 Å². The fraction of sp³-hybridized carbons (Fsp3) is 0.318. The molecule has 29 heavy (non-hydrogen) atoms. The van der Waals surface area contributed by atoms with Gasteiger partial charge in [0.15, 0.2) is 5.11 Å². The molecule has 0 bridgehead atoms. The van der Waals surface area contributed by atoms with E-state index in [1.165, 1.54) is 4.90 Å². The molecule has 1 aromatic heterocycles. The molecule has 0 saturated carbocycles. The van der Waals surface area contributed by atoms with Crippen molar-refractivity contribution in [2.24, 2.45) is 0 Å². The van der Waals surface area contributed by atoms with Gasteiger partial charge in [-0.3, -0.25) is 19.8 Å². The monoisotopic (exact) mass is 411 g/mol. The Morgan fingerprint density at radius 2 is 1.72 bits per heavy atom. The number of nitrogens with zero attached hydrogens (tertiary/aromatic N) is 2. The summed E-state index contributed by atoms with van der Waals surface area (Å²) in [6.45, 7) is 9.16. The Bertz CT molecular complexity index is 1020. The number of anilines is 1. The van der Waals surface area contributed by atoms with Crippen LogP contribution >= 0.6 is 12.2 Å². The standard InChI is InChI=1S/C22H25N3O3S/c1-13-8-14(2)10-18(9-13)25-21(27)19(20(26)23-22(25)29)12-17-11-15(3)24(16(17)4)6-7-28-5/h8-12H,6-7H2,1-5H3,(H,23,26,29)/b19-12+. The first kappa shape index (κ1) is 21.0. The molecule has 6 nitrogen and oxygen atoms in total. The highest BCUT2D eigenvalue weighted by Crippen LogP contribution is 2.25. The fourth-order valence-corrected chi connectivity index (χ4v) is 3.91. The van der Waals surface area contributed by atoms with Crippen molar-refractivity contribution in [1.29, 1.82) is 0 Å². The van der Waals surface area contributed by atoms with Gasteiger partial charge in [-0.2, -0.15) is 0 Å². The zero-order valence-electron chi connectivity index (χ0n) is 17.3. The van der Waals surface area contributed by atoms with Crippen LogP contribution in [0.5, 0.6) is 0 Å². The Hall–Kier alpha value is -2.77. The number of nitrogens with one attached hydrogen (secondary N) is 1. The summed E-state index contributed by atoms with van der Waals surface area (Å²) in [6.07, 6.45) is 1.64. The number of benzene rings is 1. The fourth-order valence-electron chi connectivity index (χ4n) is 3.63. The number of rotatable bonds is 5. The summed E-state index contributed by atoms with van der Waals surface area (Å²) in [5.74, 6) is -0.909. The topological polar surface area (TPSA) is 63.6 Å². The van der Waals surface area contributed by atoms with Crippen LogP contribution < -0.4 is 10.2 Å². The average molecular weight is 412 g/mol. The lowest BCUT2D eigenvalue weighted by atomic mass is 10.1. The lowest BCUT2D eigenvalue weighted by molar-refractivity contribution is -0.122. The van der Waals surface area contributed by atoms with Gasteiger partial charge in [0.05, 0.1) is 12.3 Å². The van der Waals surface area contributed by atoms with Gasteiger partial charge in [0.2, 0.25) is 0 Å². The highest BCUT2D eigenvalue weighted by Gasteiger charge is 2.34. The second-order valence-electron chi connectivity index (χ2n) is 7.27. The smallest absolute Gasteiger partial charge is 0.270 e. The number of carbonyl (C=O) groups excluding carboxylic acids is 2. The number of amides is 2. The van der Waals surface area contributed by atoms with Crippen molar-refractivity contribution in [2.45, 2.75) is 34.2 Å². The summed E-state index contributed by atoms with van der Waals surface area (Å²) in [7, 11) is 1.66. The highest BCUT2D eigenvalue weighted by molar-refractivity contribution is 7.80. The predicted molar refractivity (Wildman–Crippen MR) is 118 cm³/mol. The number of carbonyl (C=O) groups is 2. The van der Waals surface area contributed by atoms with Gasteiger partial charge in [0.25, 0.3) is 11.8 Å². The molecule has 0 spiro atoms. The summed E-state index contributed by atoms with van der Waals surface area (Å²) >= 11 is 5.29. The SMILES string of the molecule is COCCn1c(C)cc(/C=C2\C(=O)NC(=S)N(c3cc(C)cc(C)c3)C2=O)c1C. The number of hydrogen-bond donors (Lipinski definition) is 1. The van der Waals surface area contributed by atoms with E-state index in [-0.39, 0.29) is 10.7 Å². The molecule has 0 unspecified atom stereocenters. The first-order valence-corrected chi connectivity index (χ1v) is 9.79. The zero-order valence-corrected chi connectivity index (χ0v) is 18.1. The Balaban J connectivity index is 2.02. The van der Waals surface area contributed by atoms with E-state index in [0.29, 0.717) is 18.8 Å². The lowest BCUT2D eigenvalue weighted by Gasteiger charge is -2.29. The maximum atomic E-state index is 13.2. The Kier molecular flexibility index (Phi) is 6.00. The van der Waals surface area contributed by atoms with Crippen LogP contribution in [0.25, 0.3) is 6.08 Å². The predicted octanol–water partition coefficient (Wildman–Crippen LogP) is 3.20. The van der Waals surface area contributed by atoms with Crippen molar-refractivity contribution in [1.82, 2.24) is 9.88 Å². The third-order valence-electron chi connectivity index (χ3n) is 5.00. The molecule has 0 atom stereocenters. The number of ether oxygens (including phenoxy) is 1. The average Bonchev–Trinajstić information content (AvgIpc) is 2.89. The molecular weight excluding hydrogens is 386 g/mol. The Morgan fingerprint density at radius 3 is 2.34 bits per heavy atom. The molecule has 152 valence electrons. The van der Waals surface area contributed by atoms with Gasteiger partial charge < -0.3 is 9.30 Å². The van der Waals surface area contributed by atoms with Gasteiger partial charge in [0, 0.05) is 25.0 Å². The Morgan fingerprint density at radius 1 is 1.07 bits per heavy atom. The minimum absolute atomic E-state index is 0.0600. The molecule has 1 fully saturated rings. The zero-order chi connectivity index (χ0) is 21.3. The molecule has 1 aliphatic heterocycles. The molecule has 0 radical (unpaired) electrons. The molecule has 2 heterocycles. The van der Waals surface area contributed by atoms with Crippen LogP contribution in [0.3, 0.4) is 0 Å². The molecular formula is C22H25N3O3S. The van der Waals surface area contributed by atoms with Crippen molar-refractivity contribution in [3.8, 4) is 0 Å². The van der Waals surface area contributed by atoms with Gasteiger partial charge in [0.1, 0.15) is 5.57 Å². The maximum absolute atomic E-state index is 13.2. The molecule has 1 aromatic carbocycles. The van der Waals surface area contributed by atoms with Crippen LogP contribution in [0, 0.1) is 27.7 Å². The van der Waals surface area contributed by atoms with E-state index in [0.717, 1.165) is 28.1 Å². The van der Waals surface area contributed by atoms with Crippen molar-refractivity contribution in [3.05, 3.63) is 57.9 Å². The molecule has 2 amide bonds. The highest BCUT2D eigenvalue weighted by atomic mass is 32.1. The van der Waals surface area contributed by atoms with Gasteiger partial charge in [-0.15, -0.1) is 0 Å². The molecule has 1 aliphatic rings. The minimum Gasteiger partial charge on any atom is -0.383 e. The second-order valence-corrected chi connectivity index (χ2v) is 7.66. The van der Waals surface area contributed by atoms with Crippen LogP contribution in [0.4, 0.5) is 5.69 Å². The lowest BCUT2D eigenvalue weighted by Crippen LogP contribution is -2.54. The molecule has 1 saturated heterocycles. The number of hydrogen-bond acceptors (Lipinski definition) is 4. The van der Waals surface area contributed by atoms with Crippen LogP contribution in [0.15, 0.2) is 29.8 Å². The summed E-state index contributed by atoms with van der Waals surface area (Å²) in [5, 5.41) is 2.74. The van der Waals surface area contributed by atoms with E-state index >= 15 is 0 Å². The summed E-state index contributed by atoms with van der Waals surface area (Å²) in [6, 6.07) is 7.74. The van der Waals surface area contributed by atoms with E-state index in [2.05, 4.69) is 9.88 Å². The van der Waals surface area contributed by atoms with Crippen molar-refractivity contribution < 1.29 is 14.3 Å². The number of thiocarbonyl (C=S) groups is 1. The minimum atomic E-state index is -0.484. The van der Waals surface area contributed by atoms with E-state index in [4.69, 9.17) is 17.0 Å². The molecule has 3 rings (SSSR count). The normalized spacial score (nSPS) is 16.0. The third kappa shape index (κ3) is 4.16. The first-order valence-electron chi connectivity index (χ1n) is 9.38. The van der Waals surface area contributed by atoms with Crippen molar-refractivity contribution >= 4 is 40.9 Å². The van der Waals surface area contributed by atoms with Gasteiger partial charge in [-0.1, -0.05) is 6.07 Å². The van der Waals surface area contributed by atoms with Crippen LogP contribution in [0.1, 0.15) is 28.1 Å². The molecule has 0 aliphatic carbocycles. The second kappa shape index (κ2) is 8.31. The number of aryl methyl sites for hydroxylation is 3. The summed E-state index contributed by atoms with van der Waals surface area (Å²) in [4.78, 5) is 27.2.